The fourth-order valence-electron chi connectivity index (χ4n) is 7.34. The van der Waals surface area contributed by atoms with Crippen molar-refractivity contribution in [3.8, 4) is 0 Å². The lowest BCUT2D eigenvalue weighted by Crippen LogP contribution is -2.19. The lowest BCUT2D eigenvalue weighted by molar-refractivity contribution is 0.0514. The summed E-state index contributed by atoms with van der Waals surface area (Å²) in [6.45, 7) is 4.91. The summed E-state index contributed by atoms with van der Waals surface area (Å²) in [7, 11) is 0. The van der Waals surface area contributed by atoms with Crippen LogP contribution in [0, 0.1) is 12.8 Å². The Bertz CT molecular complexity index is 2260. The highest BCUT2D eigenvalue weighted by Gasteiger charge is 2.25. The molecule has 0 spiro atoms. The maximum atomic E-state index is 14.1. The largest absolute Gasteiger partial charge is 0.365 e. The molecule has 1 aromatic heterocycles. The van der Waals surface area contributed by atoms with Crippen LogP contribution in [0.15, 0.2) is 120 Å². The van der Waals surface area contributed by atoms with Crippen LogP contribution >= 0.6 is 0 Å². The fraction of sp³-hybridized carbons (Fsp3) is 0.227. The molecule has 1 heterocycles. The molecule has 1 aliphatic carbocycles. The molecule has 1 aliphatic rings. The summed E-state index contributed by atoms with van der Waals surface area (Å²) in [4.78, 5) is 46.4. The van der Waals surface area contributed by atoms with Crippen molar-refractivity contribution in [1.29, 1.82) is 0 Å². The van der Waals surface area contributed by atoms with Gasteiger partial charge in [-0.25, -0.2) is 4.79 Å². The summed E-state index contributed by atoms with van der Waals surface area (Å²) < 4.78 is 2.20. The Labute approximate surface area is 292 Å². The van der Waals surface area contributed by atoms with Crippen molar-refractivity contribution in [2.45, 2.75) is 58.9 Å². The number of carbonyl (C=O) groups is 3. The highest BCUT2D eigenvalue weighted by molar-refractivity contribution is 6.46. The number of rotatable bonds is 11. The van der Waals surface area contributed by atoms with Gasteiger partial charge in [0.05, 0.1) is 5.56 Å². The zero-order valence-corrected chi connectivity index (χ0v) is 28.5. The van der Waals surface area contributed by atoms with Gasteiger partial charge in [0, 0.05) is 45.0 Å². The molecule has 50 heavy (non-hydrogen) atoms. The van der Waals surface area contributed by atoms with Crippen LogP contribution in [0.1, 0.15) is 92.4 Å². The van der Waals surface area contributed by atoms with Gasteiger partial charge in [0.25, 0.3) is 0 Å². The lowest BCUT2D eigenvalue weighted by Gasteiger charge is -2.11. The first-order chi connectivity index (χ1) is 24.4. The molecule has 7 rings (SSSR count). The van der Waals surface area contributed by atoms with Crippen LogP contribution in [0.4, 0.5) is 0 Å². The monoisotopic (exact) mass is 660 g/mol. The van der Waals surface area contributed by atoms with Gasteiger partial charge in [0.1, 0.15) is 5.71 Å². The van der Waals surface area contributed by atoms with E-state index in [0.717, 1.165) is 59.6 Å². The van der Waals surface area contributed by atoms with Crippen LogP contribution in [-0.2, 0) is 17.8 Å². The molecule has 6 nitrogen and oxygen atoms in total. The molecular weight excluding hydrogens is 620 g/mol. The Kier molecular flexibility index (Phi) is 9.52. The van der Waals surface area contributed by atoms with Gasteiger partial charge in [0.2, 0.25) is 5.78 Å². The SMILES string of the molecule is CCn1c2ccc(C(=O)C(CC3CCCC3)=NOC(=O)c3ccccc3)cc2c2cc(C(=O)c3ccccc3Cc3ccccc3C)ccc21. The molecule has 0 amide bonds. The molecule has 0 unspecified atom stereocenters. The van der Waals surface area contributed by atoms with Crippen molar-refractivity contribution in [2.24, 2.45) is 11.1 Å². The van der Waals surface area contributed by atoms with Gasteiger partial charge in [-0.05, 0) is 97.8 Å². The minimum absolute atomic E-state index is 0.0353. The zero-order valence-electron chi connectivity index (χ0n) is 28.5. The van der Waals surface area contributed by atoms with E-state index in [4.69, 9.17) is 4.84 Å². The van der Waals surface area contributed by atoms with Gasteiger partial charge in [-0.3, -0.25) is 9.59 Å². The van der Waals surface area contributed by atoms with Crippen LogP contribution < -0.4 is 0 Å². The van der Waals surface area contributed by atoms with Crippen LogP contribution in [0.3, 0.4) is 0 Å². The molecular formula is C44H40N2O4. The zero-order chi connectivity index (χ0) is 34.6. The summed E-state index contributed by atoms with van der Waals surface area (Å²) in [6.07, 6.45) is 5.41. The Morgan fingerprint density at radius 3 is 2.04 bits per heavy atom. The predicted molar refractivity (Wildman–Crippen MR) is 199 cm³/mol. The third-order valence-corrected chi connectivity index (χ3v) is 10.1. The van der Waals surface area contributed by atoms with E-state index >= 15 is 0 Å². The third kappa shape index (κ3) is 6.66. The molecule has 0 atom stereocenters. The minimum Gasteiger partial charge on any atom is -0.341 e. The molecule has 0 aliphatic heterocycles. The van der Waals surface area contributed by atoms with E-state index in [0.29, 0.717) is 41.0 Å². The van der Waals surface area contributed by atoms with Gasteiger partial charge in [-0.2, -0.15) is 0 Å². The Hall–Kier alpha value is -5.62. The maximum absolute atomic E-state index is 14.1. The first kappa shape index (κ1) is 32.9. The average molecular weight is 661 g/mol. The van der Waals surface area contributed by atoms with E-state index < -0.39 is 5.97 Å². The number of oxime groups is 1. The predicted octanol–water partition coefficient (Wildman–Crippen LogP) is 9.92. The van der Waals surface area contributed by atoms with E-state index in [1.165, 1.54) is 11.1 Å². The van der Waals surface area contributed by atoms with E-state index in [-0.39, 0.29) is 17.3 Å². The first-order valence-corrected chi connectivity index (χ1v) is 17.5. The molecule has 1 saturated carbocycles. The molecule has 0 radical (unpaired) electrons. The van der Waals surface area contributed by atoms with Gasteiger partial charge < -0.3 is 9.40 Å². The second-order valence-electron chi connectivity index (χ2n) is 13.3. The van der Waals surface area contributed by atoms with Crippen LogP contribution in [0.2, 0.25) is 0 Å². The second-order valence-corrected chi connectivity index (χ2v) is 13.3. The molecule has 250 valence electrons. The van der Waals surface area contributed by atoms with Crippen molar-refractivity contribution in [3.63, 3.8) is 0 Å². The minimum atomic E-state index is -0.596. The van der Waals surface area contributed by atoms with E-state index in [2.05, 4.69) is 35.7 Å². The number of fused-ring (bicyclic) bond motifs is 3. The Morgan fingerprint density at radius 1 is 0.720 bits per heavy atom. The average Bonchev–Trinajstić information content (AvgIpc) is 3.79. The molecule has 0 saturated heterocycles. The number of benzene rings is 5. The second kappa shape index (κ2) is 14.5. The molecule has 5 aromatic carbocycles. The highest BCUT2D eigenvalue weighted by atomic mass is 16.7. The molecule has 6 aromatic rings. The Morgan fingerprint density at radius 2 is 1.34 bits per heavy atom. The fourth-order valence-corrected chi connectivity index (χ4v) is 7.34. The number of aryl methyl sites for hydroxylation is 2. The number of nitrogens with zero attached hydrogens (tertiary/aromatic N) is 2. The lowest BCUT2D eigenvalue weighted by atomic mass is 9.92. The van der Waals surface area contributed by atoms with Gasteiger partial charge in [-0.1, -0.05) is 97.6 Å². The Balaban J connectivity index is 1.25. The summed E-state index contributed by atoms with van der Waals surface area (Å²) in [5.74, 6) is -0.566. The number of aromatic nitrogens is 1. The summed E-state index contributed by atoms with van der Waals surface area (Å²) in [5, 5.41) is 5.98. The van der Waals surface area contributed by atoms with Crippen LogP contribution in [0.25, 0.3) is 21.8 Å². The third-order valence-electron chi connectivity index (χ3n) is 10.1. The summed E-state index contributed by atoms with van der Waals surface area (Å²) in [6, 6.07) is 36.3. The van der Waals surface area contributed by atoms with Crippen molar-refractivity contribution in [1.82, 2.24) is 4.57 Å². The quantitative estimate of drug-likeness (QED) is 0.0600. The standard InChI is InChI=1S/C44H40N2O4/c1-3-46-40-23-21-34(42(47)36-20-12-11-19-33(36)26-32-18-10-7-13-29(32)2)27-37(40)38-28-35(22-24-41(38)46)43(48)39(25-30-14-8-9-15-30)45-50-44(49)31-16-5-4-6-17-31/h4-7,10-13,16-24,27-28,30H,3,8-9,14-15,25-26H2,1-2H3. The molecule has 1 fully saturated rings. The molecule has 6 heteroatoms. The molecule has 0 N–H and O–H groups in total. The van der Waals surface area contributed by atoms with E-state index in [1.807, 2.05) is 78.9 Å². The number of hydrogen-bond donors (Lipinski definition) is 0. The van der Waals surface area contributed by atoms with E-state index in [9.17, 15) is 14.4 Å². The number of carbonyl (C=O) groups excluding carboxylic acids is 3. The van der Waals surface area contributed by atoms with E-state index in [1.54, 1.807) is 24.3 Å². The summed E-state index contributed by atoms with van der Waals surface area (Å²) in [5.41, 5.74) is 7.72. The van der Waals surface area contributed by atoms with Gasteiger partial charge >= 0.3 is 5.97 Å². The smallest absolute Gasteiger partial charge is 0.341 e. The summed E-state index contributed by atoms with van der Waals surface area (Å²) >= 11 is 0. The molecule has 0 bridgehead atoms. The van der Waals surface area contributed by atoms with Crippen LogP contribution in [0.5, 0.6) is 0 Å². The normalized spacial score (nSPS) is 13.6. The van der Waals surface area contributed by atoms with Crippen molar-refractivity contribution >= 4 is 45.1 Å². The number of hydrogen-bond acceptors (Lipinski definition) is 5. The highest BCUT2D eigenvalue weighted by Crippen LogP contribution is 2.33. The number of ketones is 2. The van der Waals surface area contributed by atoms with Crippen molar-refractivity contribution in [2.75, 3.05) is 0 Å². The first-order valence-electron chi connectivity index (χ1n) is 17.5. The van der Waals surface area contributed by atoms with Crippen LogP contribution in [-0.4, -0.2) is 27.8 Å². The van der Waals surface area contributed by atoms with Gasteiger partial charge in [0.15, 0.2) is 5.78 Å². The van der Waals surface area contributed by atoms with Crippen molar-refractivity contribution in [3.05, 3.63) is 154 Å². The van der Waals surface area contributed by atoms with Crippen molar-refractivity contribution < 1.29 is 19.2 Å². The van der Waals surface area contributed by atoms with Gasteiger partial charge in [-0.15, -0.1) is 0 Å². The maximum Gasteiger partial charge on any atom is 0.365 e. The number of Topliss-reactive ketones (excluding diaryl/α,β-unsaturated/α-hetero) is 1. The topological polar surface area (TPSA) is 77.7 Å².